The zero-order valence-corrected chi connectivity index (χ0v) is 12.9. The number of ether oxygens (including phenoxy) is 1. The molecule has 0 spiro atoms. The van der Waals surface area contributed by atoms with Gasteiger partial charge in [-0.3, -0.25) is 4.79 Å². The lowest BCUT2D eigenvalue weighted by atomic mass is 10.2. The maximum atomic E-state index is 12.0. The predicted octanol–water partition coefficient (Wildman–Crippen LogP) is 2.76. The number of hydrogen-bond acceptors (Lipinski definition) is 4. The Balaban J connectivity index is 1.88. The van der Waals surface area contributed by atoms with Gasteiger partial charge < -0.3 is 14.5 Å². The van der Waals surface area contributed by atoms with E-state index in [1.807, 2.05) is 30.3 Å². The average Bonchev–Trinajstić information content (AvgIpc) is 2.84. The number of nitrogens with one attached hydrogen (secondary N) is 1. The van der Waals surface area contributed by atoms with Gasteiger partial charge in [-0.1, -0.05) is 30.3 Å². The molecule has 2 rings (SSSR count). The third-order valence-electron chi connectivity index (χ3n) is 3.22. The molecule has 116 valence electrons. The van der Waals surface area contributed by atoms with Crippen molar-refractivity contribution in [3.05, 3.63) is 59.0 Å². The molecule has 0 aliphatic heterocycles. The molecule has 0 saturated heterocycles. The number of hydrogen-bond donors (Lipinski definition) is 1. The number of benzene rings is 1. The summed E-state index contributed by atoms with van der Waals surface area (Å²) in [5.41, 5.74) is 1.33. The normalized spacial score (nSPS) is 11.8. The van der Waals surface area contributed by atoms with Crippen LogP contribution in [0.3, 0.4) is 0 Å². The lowest BCUT2D eigenvalue weighted by molar-refractivity contribution is -0.129. The Hall–Kier alpha value is -2.56. The molecule has 0 fully saturated rings. The fraction of sp³-hybridized carbons (Fsp3) is 0.294. The van der Waals surface area contributed by atoms with Crippen molar-refractivity contribution in [3.8, 4) is 0 Å². The number of amides is 1. The second-order valence-electron chi connectivity index (χ2n) is 5.08. The van der Waals surface area contributed by atoms with Gasteiger partial charge in [0.25, 0.3) is 5.91 Å². The van der Waals surface area contributed by atoms with Gasteiger partial charge in [-0.2, -0.15) is 0 Å². The Bertz CT molecular complexity index is 661. The van der Waals surface area contributed by atoms with Crippen LogP contribution in [0.25, 0.3) is 0 Å². The van der Waals surface area contributed by atoms with Crippen molar-refractivity contribution in [2.24, 2.45) is 0 Å². The molecule has 0 aliphatic carbocycles. The molecule has 5 heteroatoms. The average molecular weight is 301 g/mol. The summed E-state index contributed by atoms with van der Waals surface area (Å²) in [4.78, 5) is 24.0. The van der Waals surface area contributed by atoms with Crippen LogP contribution in [-0.2, 0) is 16.1 Å². The van der Waals surface area contributed by atoms with Crippen LogP contribution >= 0.6 is 0 Å². The Morgan fingerprint density at radius 2 is 1.91 bits per heavy atom. The Morgan fingerprint density at radius 1 is 1.23 bits per heavy atom. The summed E-state index contributed by atoms with van der Waals surface area (Å²) < 4.78 is 10.5. The second kappa shape index (κ2) is 6.93. The van der Waals surface area contributed by atoms with Crippen LogP contribution in [-0.4, -0.2) is 18.0 Å². The van der Waals surface area contributed by atoms with Crippen molar-refractivity contribution in [2.45, 2.75) is 33.4 Å². The maximum Gasteiger partial charge on any atom is 0.342 e. The highest BCUT2D eigenvalue weighted by Crippen LogP contribution is 2.15. The van der Waals surface area contributed by atoms with Crippen LogP contribution in [0.4, 0.5) is 0 Å². The number of carbonyl (C=O) groups excluding carboxylic acids is 2. The van der Waals surface area contributed by atoms with Gasteiger partial charge in [0.1, 0.15) is 17.1 Å². The summed E-state index contributed by atoms with van der Waals surface area (Å²) in [5.74, 6) is 0.219. The molecule has 0 aliphatic rings. The van der Waals surface area contributed by atoms with Gasteiger partial charge in [-0.05, 0) is 32.4 Å². The smallest absolute Gasteiger partial charge is 0.342 e. The van der Waals surface area contributed by atoms with Crippen LogP contribution in [0.1, 0.15) is 34.4 Å². The third kappa shape index (κ3) is 3.97. The minimum Gasteiger partial charge on any atom is -0.466 e. The zero-order chi connectivity index (χ0) is 16.1. The fourth-order valence-electron chi connectivity index (χ4n) is 2.04. The molecule has 2 aromatic rings. The van der Waals surface area contributed by atoms with Gasteiger partial charge in [0.2, 0.25) is 0 Å². The maximum absolute atomic E-state index is 12.0. The van der Waals surface area contributed by atoms with Gasteiger partial charge in [-0.25, -0.2) is 4.79 Å². The van der Waals surface area contributed by atoms with Gasteiger partial charge in [0, 0.05) is 6.54 Å². The molecule has 0 bridgehead atoms. The topological polar surface area (TPSA) is 68.5 Å². The van der Waals surface area contributed by atoms with E-state index in [1.54, 1.807) is 26.8 Å². The highest BCUT2D eigenvalue weighted by atomic mass is 16.5. The predicted molar refractivity (Wildman–Crippen MR) is 81.3 cm³/mol. The van der Waals surface area contributed by atoms with E-state index in [0.29, 0.717) is 23.6 Å². The highest BCUT2D eigenvalue weighted by Gasteiger charge is 2.21. The lowest BCUT2D eigenvalue weighted by Crippen LogP contribution is -2.35. The van der Waals surface area contributed by atoms with Crippen molar-refractivity contribution in [2.75, 3.05) is 0 Å². The molecule has 22 heavy (non-hydrogen) atoms. The first-order valence-electron chi connectivity index (χ1n) is 7.07. The van der Waals surface area contributed by atoms with Gasteiger partial charge in [0.05, 0.1) is 0 Å². The number of aryl methyl sites for hydroxylation is 2. The summed E-state index contributed by atoms with van der Waals surface area (Å²) >= 11 is 0. The van der Waals surface area contributed by atoms with E-state index < -0.39 is 12.1 Å². The van der Waals surface area contributed by atoms with Crippen LogP contribution in [0.5, 0.6) is 0 Å². The Labute approximate surface area is 129 Å². The fourth-order valence-corrected chi connectivity index (χ4v) is 2.04. The summed E-state index contributed by atoms with van der Waals surface area (Å²) in [6.07, 6.45) is -0.870. The van der Waals surface area contributed by atoms with Crippen LogP contribution in [0, 0.1) is 13.8 Å². The quantitative estimate of drug-likeness (QED) is 0.862. The highest BCUT2D eigenvalue weighted by molar-refractivity contribution is 5.93. The molecular weight excluding hydrogens is 282 g/mol. The standard InChI is InChI=1S/C17H19NO4/c1-11-9-15(12(2)21-11)17(20)22-13(3)16(19)18-10-14-7-5-4-6-8-14/h4-9,13H,10H2,1-3H3,(H,18,19). The van der Waals surface area contributed by atoms with Crippen LogP contribution < -0.4 is 5.32 Å². The molecular formula is C17H19NO4. The van der Waals surface area contributed by atoms with E-state index >= 15 is 0 Å². The van der Waals surface area contributed by atoms with E-state index in [-0.39, 0.29) is 5.91 Å². The van der Waals surface area contributed by atoms with Crippen molar-refractivity contribution in [1.29, 1.82) is 0 Å². The van der Waals surface area contributed by atoms with Crippen LogP contribution in [0.2, 0.25) is 0 Å². The lowest BCUT2D eigenvalue weighted by Gasteiger charge is -2.13. The summed E-state index contributed by atoms with van der Waals surface area (Å²) in [6, 6.07) is 11.1. The monoisotopic (exact) mass is 301 g/mol. The third-order valence-corrected chi connectivity index (χ3v) is 3.22. The molecule has 0 radical (unpaired) electrons. The first kappa shape index (κ1) is 15.8. The Morgan fingerprint density at radius 3 is 2.50 bits per heavy atom. The van der Waals surface area contributed by atoms with E-state index in [4.69, 9.17) is 9.15 Å². The largest absolute Gasteiger partial charge is 0.466 e. The minimum absolute atomic E-state index is 0.338. The minimum atomic E-state index is -0.870. The van der Waals surface area contributed by atoms with Gasteiger partial charge >= 0.3 is 5.97 Å². The van der Waals surface area contributed by atoms with Crippen molar-refractivity contribution in [1.82, 2.24) is 5.32 Å². The van der Waals surface area contributed by atoms with Crippen molar-refractivity contribution in [3.63, 3.8) is 0 Å². The van der Waals surface area contributed by atoms with E-state index in [1.165, 1.54) is 0 Å². The van der Waals surface area contributed by atoms with Crippen molar-refractivity contribution >= 4 is 11.9 Å². The first-order chi connectivity index (χ1) is 10.5. The number of carbonyl (C=O) groups is 2. The van der Waals surface area contributed by atoms with Gasteiger partial charge in [0.15, 0.2) is 6.10 Å². The molecule has 1 aromatic carbocycles. The molecule has 1 heterocycles. The SMILES string of the molecule is Cc1cc(C(=O)OC(C)C(=O)NCc2ccccc2)c(C)o1. The molecule has 0 saturated carbocycles. The molecule has 1 amide bonds. The summed E-state index contributed by atoms with van der Waals surface area (Å²) in [6.45, 7) is 5.37. The molecule has 1 unspecified atom stereocenters. The second-order valence-corrected chi connectivity index (χ2v) is 5.08. The van der Waals surface area contributed by atoms with Gasteiger partial charge in [-0.15, -0.1) is 0 Å². The van der Waals surface area contributed by atoms with E-state index in [0.717, 1.165) is 5.56 Å². The van der Waals surface area contributed by atoms with E-state index in [9.17, 15) is 9.59 Å². The molecule has 1 N–H and O–H groups in total. The Kier molecular flexibility index (Phi) is 4.99. The first-order valence-corrected chi connectivity index (χ1v) is 7.07. The number of furan rings is 1. The molecule has 1 atom stereocenters. The van der Waals surface area contributed by atoms with Crippen LogP contribution in [0.15, 0.2) is 40.8 Å². The summed E-state index contributed by atoms with van der Waals surface area (Å²) in [5, 5.41) is 2.74. The molecule has 5 nitrogen and oxygen atoms in total. The van der Waals surface area contributed by atoms with E-state index in [2.05, 4.69) is 5.32 Å². The zero-order valence-electron chi connectivity index (χ0n) is 12.9. The number of esters is 1. The van der Waals surface area contributed by atoms with Crippen molar-refractivity contribution < 1.29 is 18.7 Å². The summed E-state index contributed by atoms with van der Waals surface area (Å²) in [7, 11) is 0. The molecule has 1 aromatic heterocycles. The number of rotatable bonds is 5.